The summed E-state index contributed by atoms with van der Waals surface area (Å²) in [4.78, 5) is 29.3. The van der Waals surface area contributed by atoms with E-state index in [1.807, 2.05) is 6.07 Å². The number of carbonyl (C=O) groups excluding carboxylic acids is 3. The van der Waals surface area contributed by atoms with Crippen molar-refractivity contribution >= 4 is 28.3 Å². The zero-order chi connectivity index (χ0) is 14.7. The maximum Gasteiger partial charge on any atom is 0.383 e. The summed E-state index contributed by atoms with van der Waals surface area (Å²) in [5, 5.41) is 0. The number of methoxy groups -OCH3 is 1. The van der Waals surface area contributed by atoms with Crippen LogP contribution >= 0.6 is 0 Å². The van der Waals surface area contributed by atoms with Crippen LogP contribution in [0, 0.1) is 0 Å². The molecule has 0 bridgehead atoms. The number of isocyanates is 2. The molecule has 0 aliphatic carbocycles. The number of esters is 1. The fourth-order valence-electron chi connectivity index (χ4n) is 0.807. The highest BCUT2D eigenvalue weighted by Crippen LogP contribution is 1.98. The summed E-state index contributed by atoms with van der Waals surface area (Å²) in [5.41, 5.74) is 0.588. The van der Waals surface area contributed by atoms with E-state index in [1.165, 1.54) is 7.11 Å². The lowest BCUT2D eigenvalue weighted by Crippen LogP contribution is -1.99. The number of hydrogen-bond acceptors (Lipinski definition) is 6. The SMILES string of the molecule is COC(=O)c1ccccc1.O=C=NS(=O)(=O)N=C=O. The zero-order valence-corrected chi connectivity index (χ0v) is 10.5. The Labute approximate surface area is 108 Å². The monoisotopic (exact) mass is 284 g/mol. The first-order valence-electron chi connectivity index (χ1n) is 4.53. The molecule has 0 aliphatic rings. The topological polar surface area (TPSA) is 119 Å². The van der Waals surface area contributed by atoms with E-state index < -0.39 is 10.2 Å². The van der Waals surface area contributed by atoms with Gasteiger partial charge in [0.25, 0.3) is 12.2 Å². The lowest BCUT2D eigenvalue weighted by Gasteiger charge is -1.95. The van der Waals surface area contributed by atoms with Gasteiger partial charge in [0.1, 0.15) is 0 Å². The Bertz CT molecular complexity index is 589. The molecule has 0 heterocycles. The van der Waals surface area contributed by atoms with Gasteiger partial charge < -0.3 is 4.74 Å². The van der Waals surface area contributed by atoms with E-state index in [9.17, 15) is 22.8 Å². The molecule has 0 saturated heterocycles. The fraction of sp³-hybridized carbons (Fsp3) is 0.100. The molecule has 1 rings (SSSR count). The Morgan fingerprint density at radius 1 is 1.11 bits per heavy atom. The van der Waals surface area contributed by atoms with Gasteiger partial charge in [0.05, 0.1) is 12.7 Å². The molecule has 0 aromatic heterocycles. The van der Waals surface area contributed by atoms with Gasteiger partial charge >= 0.3 is 16.2 Å². The van der Waals surface area contributed by atoms with Gasteiger partial charge in [0, 0.05) is 0 Å². The molecule has 0 spiro atoms. The second-order valence-corrected chi connectivity index (χ2v) is 3.93. The lowest BCUT2D eigenvalue weighted by molar-refractivity contribution is 0.0600. The van der Waals surface area contributed by atoms with Gasteiger partial charge in [-0.25, -0.2) is 14.4 Å². The van der Waals surface area contributed by atoms with Crippen LogP contribution in [0.3, 0.4) is 0 Å². The molecule has 0 N–H and O–H groups in total. The first kappa shape index (κ1) is 16.4. The van der Waals surface area contributed by atoms with Crippen molar-refractivity contribution in [3.05, 3.63) is 35.9 Å². The van der Waals surface area contributed by atoms with Crippen LogP contribution in [0.5, 0.6) is 0 Å². The van der Waals surface area contributed by atoms with Crippen LogP contribution in [0.15, 0.2) is 39.1 Å². The Hall–Kier alpha value is -2.60. The minimum absolute atomic E-state index is 0.291. The maximum absolute atomic E-state index is 10.8. The van der Waals surface area contributed by atoms with E-state index >= 15 is 0 Å². The van der Waals surface area contributed by atoms with Crippen LogP contribution in [0.1, 0.15) is 10.4 Å². The lowest BCUT2D eigenvalue weighted by atomic mass is 10.2. The predicted octanol–water partition coefficient (Wildman–Crippen LogP) is 0.376. The third kappa shape index (κ3) is 7.35. The van der Waals surface area contributed by atoms with Crippen molar-refractivity contribution in [2.45, 2.75) is 0 Å². The highest BCUT2D eigenvalue weighted by molar-refractivity contribution is 7.89. The van der Waals surface area contributed by atoms with Crippen molar-refractivity contribution in [1.82, 2.24) is 0 Å². The van der Waals surface area contributed by atoms with Gasteiger partial charge in [-0.2, -0.15) is 8.42 Å². The summed E-state index contributed by atoms with van der Waals surface area (Å²) in [6.07, 6.45) is 1.41. The molecule has 19 heavy (non-hydrogen) atoms. The van der Waals surface area contributed by atoms with Crippen LogP contribution in [-0.4, -0.2) is 33.7 Å². The molecule has 100 valence electrons. The molecule has 0 aliphatic heterocycles. The minimum Gasteiger partial charge on any atom is -0.465 e. The molecule has 0 radical (unpaired) electrons. The van der Waals surface area contributed by atoms with Crippen molar-refractivity contribution in [3.8, 4) is 0 Å². The summed E-state index contributed by atoms with van der Waals surface area (Å²) < 4.78 is 28.8. The molecule has 0 unspecified atom stereocenters. The van der Waals surface area contributed by atoms with Crippen LogP contribution in [-0.2, 0) is 24.5 Å². The largest absolute Gasteiger partial charge is 0.465 e. The van der Waals surface area contributed by atoms with Crippen molar-refractivity contribution in [3.63, 3.8) is 0 Å². The van der Waals surface area contributed by atoms with E-state index in [-0.39, 0.29) is 5.97 Å². The van der Waals surface area contributed by atoms with Crippen LogP contribution < -0.4 is 0 Å². The van der Waals surface area contributed by atoms with Gasteiger partial charge in [0.15, 0.2) is 0 Å². The smallest absolute Gasteiger partial charge is 0.383 e. The average molecular weight is 284 g/mol. The number of ether oxygens (including phenoxy) is 1. The van der Waals surface area contributed by atoms with E-state index in [2.05, 4.69) is 13.5 Å². The second-order valence-electron chi connectivity index (χ2n) is 2.67. The summed E-state index contributed by atoms with van der Waals surface area (Å²) in [5.74, 6) is -0.291. The van der Waals surface area contributed by atoms with Gasteiger partial charge in [-0.1, -0.05) is 27.0 Å². The minimum atomic E-state index is -4.28. The standard InChI is InChI=1S/C8H8O2.C2N2O4S/c1-10-8(9)7-5-3-2-4-6-7;5-1-3-9(7,8)4-2-6/h2-6H,1H3;. The molecule has 8 nitrogen and oxygen atoms in total. The van der Waals surface area contributed by atoms with Crippen molar-refractivity contribution in [1.29, 1.82) is 0 Å². The quantitative estimate of drug-likeness (QED) is 0.449. The first-order valence-corrected chi connectivity index (χ1v) is 5.93. The highest BCUT2D eigenvalue weighted by atomic mass is 32.2. The predicted molar refractivity (Wildman–Crippen MR) is 62.9 cm³/mol. The van der Waals surface area contributed by atoms with Gasteiger partial charge in [-0.3, -0.25) is 0 Å². The molecule has 9 heteroatoms. The molecule has 1 aromatic carbocycles. The zero-order valence-electron chi connectivity index (χ0n) is 9.64. The van der Waals surface area contributed by atoms with Crippen LogP contribution in [0.4, 0.5) is 0 Å². The summed E-state index contributed by atoms with van der Waals surface area (Å²) >= 11 is 0. The molecule has 0 amide bonds. The Balaban J connectivity index is 0.000000344. The number of rotatable bonds is 3. The first-order chi connectivity index (χ1) is 8.96. The van der Waals surface area contributed by atoms with E-state index in [4.69, 9.17) is 0 Å². The van der Waals surface area contributed by atoms with Crippen molar-refractivity contribution < 1.29 is 27.5 Å². The normalized spacial score (nSPS) is 8.89. The molecular formula is C10H8N2O6S. The third-order valence-electron chi connectivity index (χ3n) is 1.50. The Morgan fingerprint density at radius 3 is 1.95 bits per heavy atom. The van der Waals surface area contributed by atoms with Gasteiger partial charge in [-0.05, 0) is 12.1 Å². The third-order valence-corrected chi connectivity index (χ3v) is 2.11. The van der Waals surface area contributed by atoms with Crippen molar-refractivity contribution in [2.75, 3.05) is 7.11 Å². The highest BCUT2D eigenvalue weighted by Gasteiger charge is 2.01. The van der Waals surface area contributed by atoms with E-state index in [0.717, 1.165) is 0 Å². The van der Waals surface area contributed by atoms with Gasteiger partial charge in [0.2, 0.25) is 0 Å². The molecular weight excluding hydrogens is 276 g/mol. The molecule has 1 aromatic rings. The summed E-state index contributed by atoms with van der Waals surface area (Å²) in [6, 6.07) is 8.88. The van der Waals surface area contributed by atoms with E-state index in [0.29, 0.717) is 17.7 Å². The number of hydrogen-bond donors (Lipinski definition) is 0. The summed E-state index contributed by atoms with van der Waals surface area (Å²) in [7, 11) is -2.91. The Kier molecular flexibility index (Phi) is 7.32. The molecule has 0 atom stereocenters. The van der Waals surface area contributed by atoms with Crippen molar-refractivity contribution in [2.24, 2.45) is 8.80 Å². The number of nitrogens with zero attached hydrogens (tertiary/aromatic N) is 2. The van der Waals surface area contributed by atoms with Crippen LogP contribution in [0.25, 0.3) is 0 Å². The van der Waals surface area contributed by atoms with Gasteiger partial charge in [-0.15, -0.1) is 0 Å². The molecule has 0 saturated carbocycles. The number of carbonyl (C=O) groups is 1. The second kappa shape index (κ2) is 8.48. The Morgan fingerprint density at radius 2 is 1.58 bits per heavy atom. The van der Waals surface area contributed by atoms with Crippen LogP contribution in [0.2, 0.25) is 0 Å². The maximum atomic E-state index is 10.8. The molecule has 0 fully saturated rings. The average Bonchev–Trinajstić information content (AvgIpc) is 2.39. The fourth-order valence-corrected chi connectivity index (χ4v) is 1.04. The summed E-state index contributed by atoms with van der Waals surface area (Å²) in [6.45, 7) is 0. The van der Waals surface area contributed by atoms with E-state index in [1.54, 1.807) is 24.3 Å². The number of benzene rings is 1.